The van der Waals surface area contributed by atoms with E-state index in [0.717, 1.165) is 23.1 Å². The number of benzene rings is 2. The van der Waals surface area contributed by atoms with Gasteiger partial charge in [-0.3, -0.25) is 0 Å². The number of halogens is 1. The highest BCUT2D eigenvalue weighted by molar-refractivity contribution is 6.33. The largest absolute Gasteiger partial charge is 0.478 e. The van der Waals surface area contributed by atoms with Gasteiger partial charge in [-0.05, 0) is 76.1 Å². The van der Waals surface area contributed by atoms with Crippen molar-refractivity contribution in [3.05, 3.63) is 75.3 Å². The Morgan fingerprint density at radius 2 is 1.56 bits per heavy atom. The lowest BCUT2D eigenvalue weighted by atomic mass is 9.62. The Kier molecular flexibility index (Phi) is 4.76. The third-order valence-electron chi connectivity index (χ3n) is 6.07. The molecule has 0 fully saturated rings. The molecule has 0 aromatic heterocycles. The van der Waals surface area contributed by atoms with Crippen LogP contribution in [-0.2, 0) is 10.8 Å². The van der Waals surface area contributed by atoms with E-state index in [1.54, 1.807) is 18.2 Å². The molecule has 27 heavy (non-hydrogen) atoms. The monoisotopic (exact) mass is 382 g/mol. The number of carboxylic acid groups (broad SMARTS) is 1. The van der Waals surface area contributed by atoms with E-state index in [1.165, 1.54) is 23.1 Å². The standard InChI is InChI=1S/C24H27ClO2/c1-14-11-19-20(24(5,6)10-9-23(19,3)4)13-18(14)15(2)16-7-8-17(22(26)27)21(25)12-16/h7-8,11-13H,2,9-10H2,1,3-6H3,(H,26,27). The first-order valence-corrected chi connectivity index (χ1v) is 9.70. The number of rotatable bonds is 3. The zero-order chi connectivity index (χ0) is 20.1. The number of hydrogen-bond acceptors (Lipinski definition) is 1. The summed E-state index contributed by atoms with van der Waals surface area (Å²) >= 11 is 6.17. The maximum Gasteiger partial charge on any atom is 0.337 e. The van der Waals surface area contributed by atoms with Gasteiger partial charge in [0.05, 0.1) is 10.6 Å². The zero-order valence-corrected chi connectivity index (χ0v) is 17.5. The quantitative estimate of drug-likeness (QED) is 0.636. The number of carboxylic acids is 1. The van der Waals surface area contributed by atoms with Crippen LogP contribution in [0.4, 0.5) is 0 Å². The van der Waals surface area contributed by atoms with Gasteiger partial charge in [-0.25, -0.2) is 4.79 Å². The molecule has 0 amide bonds. The molecule has 1 N–H and O–H groups in total. The molecule has 0 saturated heterocycles. The Bertz CT molecular complexity index is 951. The van der Waals surface area contributed by atoms with Crippen LogP contribution >= 0.6 is 11.6 Å². The van der Waals surface area contributed by atoms with Gasteiger partial charge >= 0.3 is 5.97 Å². The highest BCUT2D eigenvalue weighted by atomic mass is 35.5. The third kappa shape index (κ3) is 3.43. The Balaban J connectivity index is 2.12. The molecule has 1 aliphatic carbocycles. The van der Waals surface area contributed by atoms with Crippen molar-refractivity contribution >= 4 is 23.1 Å². The second-order valence-electron chi connectivity index (χ2n) is 8.96. The van der Waals surface area contributed by atoms with Crippen molar-refractivity contribution in [2.45, 2.75) is 58.3 Å². The summed E-state index contributed by atoms with van der Waals surface area (Å²) in [5, 5.41) is 9.42. The Labute approximate surface area is 166 Å². The second-order valence-corrected chi connectivity index (χ2v) is 9.37. The minimum absolute atomic E-state index is 0.110. The summed E-state index contributed by atoms with van der Waals surface area (Å²) in [6.07, 6.45) is 2.33. The van der Waals surface area contributed by atoms with E-state index < -0.39 is 5.97 Å². The molecular weight excluding hydrogens is 356 g/mol. The smallest absolute Gasteiger partial charge is 0.337 e. The number of aromatic carboxylic acids is 1. The predicted octanol–water partition coefficient (Wildman–Crippen LogP) is 6.76. The fourth-order valence-corrected chi connectivity index (χ4v) is 4.34. The average Bonchev–Trinajstić information content (AvgIpc) is 2.57. The van der Waals surface area contributed by atoms with Crippen LogP contribution in [0.2, 0.25) is 5.02 Å². The maximum absolute atomic E-state index is 11.2. The first-order chi connectivity index (χ1) is 12.4. The first kappa shape index (κ1) is 19.7. The van der Waals surface area contributed by atoms with Gasteiger partial charge in [0.15, 0.2) is 0 Å². The summed E-state index contributed by atoms with van der Waals surface area (Å²) in [4.78, 5) is 11.2. The van der Waals surface area contributed by atoms with E-state index in [-0.39, 0.29) is 21.4 Å². The normalized spacial score (nSPS) is 17.3. The lowest BCUT2D eigenvalue weighted by Crippen LogP contribution is -2.34. The molecule has 0 spiro atoms. The van der Waals surface area contributed by atoms with E-state index >= 15 is 0 Å². The molecule has 2 aromatic rings. The molecule has 0 saturated carbocycles. The molecule has 0 heterocycles. The van der Waals surface area contributed by atoms with Gasteiger partial charge in [0, 0.05) is 0 Å². The van der Waals surface area contributed by atoms with E-state index in [2.05, 4.69) is 53.3 Å². The third-order valence-corrected chi connectivity index (χ3v) is 6.38. The van der Waals surface area contributed by atoms with E-state index in [9.17, 15) is 9.90 Å². The molecule has 3 heteroatoms. The molecule has 1 aliphatic rings. The minimum Gasteiger partial charge on any atom is -0.478 e. The van der Waals surface area contributed by atoms with Crippen LogP contribution in [0, 0.1) is 6.92 Å². The van der Waals surface area contributed by atoms with Crippen molar-refractivity contribution in [3.8, 4) is 0 Å². The lowest BCUT2D eigenvalue weighted by molar-refractivity contribution is 0.0697. The van der Waals surface area contributed by atoms with Gasteiger partial charge in [0.1, 0.15) is 0 Å². The van der Waals surface area contributed by atoms with Crippen molar-refractivity contribution in [2.75, 3.05) is 0 Å². The van der Waals surface area contributed by atoms with Crippen LogP contribution < -0.4 is 0 Å². The van der Waals surface area contributed by atoms with E-state index in [4.69, 9.17) is 11.6 Å². The van der Waals surface area contributed by atoms with Gasteiger partial charge in [-0.15, -0.1) is 0 Å². The number of hydrogen-bond donors (Lipinski definition) is 1. The Morgan fingerprint density at radius 1 is 1.00 bits per heavy atom. The van der Waals surface area contributed by atoms with Crippen LogP contribution in [0.1, 0.15) is 78.7 Å². The number of fused-ring (bicyclic) bond motifs is 1. The highest BCUT2D eigenvalue weighted by Crippen LogP contribution is 2.47. The number of carbonyl (C=O) groups is 1. The first-order valence-electron chi connectivity index (χ1n) is 9.32. The van der Waals surface area contributed by atoms with Crippen molar-refractivity contribution in [1.29, 1.82) is 0 Å². The molecule has 142 valence electrons. The van der Waals surface area contributed by atoms with Gasteiger partial charge in [-0.2, -0.15) is 0 Å². The average molecular weight is 383 g/mol. The van der Waals surface area contributed by atoms with Crippen LogP contribution in [0.25, 0.3) is 5.57 Å². The van der Waals surface area contributed by atoms with Crippen molar-refractivity contribution in [1.82, 2.24) is 0 Å². The van der Waals surface area contributed by atoms with Crippen molar-refractivity contribution < 1.29 is 9.90 Å². The van der Waals surface area contributed by atoms with E-state index in [1.807, 2.05) is 0 Å². The lowest BCUT2D eigenvalue weighted by Gasteiger charge is -2.42. The van der Waals surface area contributed by atoms with Gasteiger partial charge < -0.3 is 5.11 Å². The second kappa shape index (κ2) is 6.53. The Morgan fingerprint density at radius 3 is 2.07 bits per heavy atom. The molecule has 0 radical (unpaired) electrons. The summed E-state index contributed by atoms with van der Waals surface area (Å²) in [7, 11) is 0. The Hall–Kier alpha value is -2.06. The summed E-state index contributed by atoms with van der Waals surface area (Å²) in [6.45, 7) is 15.7. The molecule has 3 rings (SSSR count). The molecule has 0 atom stereocenters. The molecule has 0 unspecified atom stereocenters. The summed E-state index contributed by atoms with van der Waals surface area (Å²) < 4.78 is 0. The van der Waals surface area contributed by atoms with Crippen LogP contribution in [0.3, 0.4) is 0 Å². The topological polar surface area (TPSA) is 37.3 Å². The minimum atomic E-state index is -1.02. The highest BCUT2D eigenvalue weighted by Gasteiger charge is 2.37. The fourth-order valence-electron chi connectivity index (χ4n) is 4.08. The summed E-state index contributed by atoms with van der Waals surface area (Å²) in [5.41, 5.74) is 7.20. The fraction of sp³-hybridized carbons (Fsp3) is 0.375. The van der Waals surface area contributed by atoms with Crippen molar-refractivity contribution in [3.63, 3.8) is 0 Å². The van der Waals surface area contributed by atoms with Crippen LogP contribution in [-0.4, -0.2) is 11.1 Å². The molecule has 2 aromatic carbocycles. The zero-order valence-electron chi connectivity index (χ0n) is 16.7. The molecule has 0 aliphatic heterocycles. The molecular formula is C24H27ClO2. The van der Waals surface area contributed by atoms with Gasteiger partial charge in [0.2, 0.25) is 0 Å². The summed E-state index contributed by atoms with van der Waals surface area (Å²) in [5.74, 6) is -1.02. The SMILES string of the molecule is C=C(c1ccc(C(=O)O)c(Cl)c1)c1cc2c(cc1C)C(C)(C)CCC2(C)C. The van der Waals surface area contributed by atoms with Crippen LogP contribution in [0.15, 0.2) is 36.9 Å². The van der Waals surface area contributed by atoms with E-state index in [0.29, 0.717) is 0 Å². The van der Waals surface area contributed by atoms with Crippen LogP contribution in [0.5, 0.6) is 0 Å². The molecule has 2 nitrogen and oxygen atoms in total. The maximum atomic E-state index is 11.2. The van der Waals surface area contributed by atoms with Crippen molar-refractivity contribution in [2.24, 2.45) is 0 Å². The number of aryl methyl sites for hydroxylation is 1. The predicted molar refractivity (Wildman–Crippen MR) is 113 cm³/mol. The summed E-state index contributed by atoms with van der Waals surface area (Å²) in [6, 6.07) is 9.62. The van der Waals surface area contributed by atoms with Gasteiger partial charge in [0.25, 0.3) is 0 Å². The molecule has 0 bridgehead atoms. The van der Waals surface area contributed by atoms with Gasteiger partial charge in [-0.1, -0.05) is 64.1 Å².